The Kier molecular flexibility index (Phi) is 8.15. The van der Waals surface area contributed by atoms with Crippen LogP contribution in [0, 0.1) is 40.4 Å². The van der Waals surface area contributed by atoms with Gasteiger partial charge in [-0.05, 0) is 91.4 Å². The van der Waals surface area contributed by atoms with Crippen LogP contribution in [0.25, 0.3) is 0 Å². The zero-order valence-electron chi connectivity index (χ0n) is 24.3. The average molecular weight is 551 g/mol. The second kappa shape index (κ2) is 11.3. The minimum absolute atomic E-state index is 0.0256. The number of aliphatic hydroxyl groups excluding tert-OH is 1. The maximum atomic E-state index is 14.1. The lowest BCUT2D eigenvalue weighted by atomic mass is 9.47. The van der Waals surface area contributed by atoms with Gasteiger partial charge in [-0.1, -0.05) is 62.8 Å². The van der Waals surface area contributed by atoms with Crippen LogP contribution < -0.4 is 5.32 Å². The highest BCUT2D eigenvalue weighted by Gasteiger charge is 2.59. The summed E-state index contributed by atoms with van der Waals surface area (Å²) in [6, 6.07) is 9.66. The number of hydrogen-bond acceptors (Lipinski definition) is 4. The summed E-state index contributed by atoms with van der Waals surface area (Å²) in [6.07, 6.45) is 10.6. The molecule has 0 aromatic heterocycles. The van der Waals surface area contributed by atoms with Crippen LogP contribution in [0.4, 0.5) is 0 Å². The van der Waals surface area contributed by atoms with E-state index in [2.05, 4.69) is 25.2 Å². The first kappa shape index (κ1) is 28.8. The molecule has 0 bridgehead atoms. The van der Waals surface area contributed by atoms with Crippen molar-refractivity contribution in [1.82, 2.24) is 10.2 Å². The highest BCUT2D eigenvalue weighted by molar-refractivity contribution is 5.87. The third-order valence-corrected chi connectivity index (χ3v) is 11.4. The van der Waals surface area contributed by atoms with Crippen LogP contribution in [-0.2, 0) is 20.9 Å². The summed E-state index contributed by atoms with van der Waals surface area (Å²) in [6.45, 7) is 6.62. The Bertz CT molecular complexity index is 1150. The quantitative estimate of drug-likeness (QED) is 0.404. The Balaban J connectivity index is 1.33. The fourth-order valence-corrected chi connectivity index (χ4v) is 9.38. The molecule has 7 nitrogen and oxygen atoms in total. The van der Waals surface area contributed by atoms with E-state index in [4.69, 9.17) is 5.11 Å². The third kappa shape index (κ3) is 5.34. The maximum absolute atomic E-state index is 14.1. The van der Waals surface area contributed by atoms with E-state index < -0.39 is 18.4 Å². The molecule has 0 saturated heterocycles. The number of rotatable bonds is 8. The van der Waals surface area contributed by atoms with Gasteiger partial charge in [-0.25, -0.2) is 0 Å². The molecule has 40 heavy (non-hydrogen) atoms. The SMILES string of the molecule is C[C@H](C(=O)N(CC(=O)NCC(=O)O)Cc1ccccc1)[C@H]1CC[C@H]2[C@@H]3CC=C4C[C@@H](O)CC[C@]4(C)[C@H]3CC[C@]12C. The van der Waals surface area contributed by atoms with Crippen LogP contribution in [0.1, 0.15) is 77.7 Å². The zero-order chi connectivity index (χ0) is 28.7. The normalized spacial score (nSPS) is 35.4. The number of carboxylic acid groups (broad SMARTS) is 1. The minimum Gasteiger partial charge on any atom is -0.480 e. The number of carbonyl (C=O) groups excluding carboxylic acids is 2. The second-order valence-electron chi connectivity index (χ2n) is 13.5. The monoisotopic (exact) mass is 550 g/mol. The number of aliphatic hydroxyl groups is 1. The number of benzene rings is 1. The van der Waals surface area contributed by atoms with Crippen molar-refractivity contribution in [3.05, 3.63) is 47.5 Å². The summed E-state index contributed by atoms with van der Waals surface area (Å²) < 4.78 is 0. The molecule has 2 amide bonds. The molecule has 3 saturated carbocycles. The molecule has 7 heteroatoms. The number of carbonyl (C=O) groups is 3. The van der Waals surface area contributed by atoms with Gasteiger partial charge >= 0.3 is 5.97 Å². The van der Waals surface area contributed by atoms with Crippen molar-refractivity contribution in [2.75, 3.05) is 13.1 Å². The smallest absolute Gasteiger partial charge is 0.322 e. The van der Waals surface area contributed by atoms with E-state index in [1.807, 2.05) is 37.3 Å². The van der Waals surface area contributed by atoms with E-state index in [1.165, 1.54) is 12.0 Å². The molecule has 3 N–H and O–H groups in total. The Hall–Kier alpha value is -2.67. The molecule has 8 atom stereocenters. The molecule has 5 rings (SSSR count). The third-order valence-electron chi connectivity index (χ3n) is 11.4. The largest absolute Gasteiger partial charge is 0.480 e. The molecule has 218 valence electrons. The summed E-state index contributed by atoms with van der Waals surface area (Å²) in [7, 11) is 0. The van der Waals surface area contributed by atoms with E-state index in [0.29, 0.717) is 24.3 Å². The fourth-order valence-electron chi connectivity index (χ4n) is 9.38. The van der Waals surface area contributed by atoms with Crippen molar-refractivity contribution in [3.8, 4) is 0 Å². The summed E-state index contributed by atoms with van der Waals surface area (Å²) in [4.78, 5) is 39.3. The van der Waals surface area contributed by atoms with Gasteiger partial charge in [0.25, 0.3) is 0 Å². The van der Waals surface area contributed by atoms with Gasteiger partial charge in [-0.3, -0.25) is 14.4 Å². The maximum Gasteiger partial charge on any atom is 0.322 e. The van der Waals surface area contributed by atoms with Crippen molar-refractivity contribution in [2.24, 2.45) is 40.4 Å². The number of nitrogens with zero attached hydrogens (tertiary/aromatic N) is 1. The van der Waals surface area contributed by atoms with E-state index in [0.717, 1.165) is 50.5 Å². The Morgan fingerprint density at radius 2 is 1.80 bits per heavy atom. The first-order chi connectivity index (χ1) is 19.0. The molecule has 1 aromatic carbocycles. The van der Waals surface area contributed by atoms with Crippen LogP contribution in [0.15, 0.2) is 42.0 Å². The Labute approximate surface area is 238 Å². The highest BCUT2D eigenvalue weighted by Crippen LogP contribution is 2.67. The highest BCUT2D eigenvalue weighted by atomic mass is 16.4. The van der Waals surface area contributed by atoms with Gasteiger partial charge in [-0.2, -0.15) is 0 Å². The summed E-state index contributed by atoms with van der Waals surface area (Å²) in [5.74, 6) is 0.288. The van der Waals surface area contributed by atoms with Crippen LogP contribution in [0.3, 0.4) is 0 Å². The summed E-state index contributed by atoms with van der Waals surface area (Å²) in [5.41, 5.74) is 2.70. The van der Waals surface area contributed by atoms with Crippen LogP contribution in [-0.4, -0.2) is 52.1 Å². The number of hydrogen-bond donors (Lipinski definition) is 3. The molecule has 0 heterocycles. The van der Waals surface area contributed by atoms with E-state index in [9.17, 15) is 19.5 Å². The molecule has 0 aliphatic heterocycles. The molecule has 0 radical (unpaired) electrons. The standard InChI is InChI=1S/C33H46N2O5/c1-21(31(40)35(19-22-7-5-4-6-8-22)20-29(37)34-18-30(38)39)26-11-12-27-25-10-9-23-17-24(36)13-15-32(23,2)28(25)14-16-33(26,27)3/h4-9,21,24-28,36H,10-20H2,1-3H3,(H,34,37)(H,38,39)/t21-,24-,25-,26+,27-,28-,32-,33+/m0/s1. The van der Waals surface area contributed by atoms with E-state index in [-0.39, 0.29) is 41.2 Å². The number of allylic oxidation sites excluding steroid dienone is 1. The minimum atomic E-state index is -1.11. The van der Waals surface area contributed by atoms with Gasteiger partial charge in [0.15, 0.2) is 0 Å². The van der Waals surface area contributed by atoms with Gasteiger partial charge < -0.3 is 20.4 Å². The zero-order valence-corrected chi connectivity index (χ0v) is 24.3. The van der Waals surface area contributed by atoms with Crippen LogP contribution in [0.5, 0.6) is 0 Å². The number of aliphatic carboxylic acids is 1. The van der Waals surface area contributed by atoms with Gasteiger partial charge in [-0.15, -0.1) is 0 Å². The van der Waals surface area contributed by atoms with Crippen molar-refractivity contribution < 1.29 is 24.6 Å². The number of amides is 2. The first-order valence-electron chi connectivity index (χ1n) is 15.2. The number of fused-ring (bicyclic) bond motifs is 5. The van der Waals surface area contributed by atoms with Gasteiger partial charge in [0.1, 0.15) is 6.54 Å². The van der Waals surface area contributed by atoms with E-state index >= 15 is 0 Å². The van der Waals surface area contributed by atoms with Crippen LogP contribution >= 0.6 is 0 Å². The average Bonchev–Trinajstić information content (AvgIpc) is 3.29. The van der Waals surface area contributed by atoms with Gasteiger partial charge in [0, 0.05) is 12.5 Å². The molecule has 0 spiro atoms. The molecule has 1 aromatic rings. The summed E-state index contributed by atoms with van der Waals surface area (Å²) in [5, 5.41) is 21.7. The summed E-state index contributed by atoms with van der Waals surface area (Å²) >= 11 is 0. The van der Waals surface area contributed by atoms with Crippen LogP contribution in [0.2, 0.25) is 0 Å². The lowest BCUT2D eigenvalue weighted by molar-refractivity contribution is -0.144. The molecule has 4 aliphatic rings. The van der Waals surface area contributed by atoms with E-state index in [1.54, 1.807) is 4.90 Å². The van der Waals surface area contributed by atoms with Crippen molar-refractivity contribution in [1.29, 1.82) is 0 Å². The Morgan fingerprint density at radius 3 is 2.52 bits per heavy atom. The first-order valence-corrected chi connectivity index (χ1v) is 15.2. The molecule has 4 aliphatic carbocycles. The number of nitrogens with one attached hydrogen (secondary N) is 1. The van der Waals surface area contributed by atoms with Gasteiger partial charge in [0.05, 0.1) is 12.6 Å². The fraction of sp³-hybridized carbons (Fsp3) is 0.667. The molecular formula is C33H46N2O5. The topological polar surface area (TPSA) is 107 Å². The predicted molar refractivity (Wildman–Crippen MR) is 153 cm³/mol. The lowest BCUT2D eigenvalue weighted by Crippen LogP contribution is -2.52. The second-order valence-corrected chi connectivity index (χ2v) is 13.5. The number of carboxylic acids is 1. The van der Waals surface area contributed by atoms with Crippen molar-refractivity contribution in [3.63, 3.8) is 0 Å². The van der Waals surface area contributed by atoms with Crippen molar-refractivity contribution >= 4 is 17.8 Å². The Morgan fingerprint density at radius 1 is 1.05 bits per heavy atom. The molecular weight excluding hydrogens is 504 g/mol. The molecule has 3 fully saturated rings. The predicted octanol–water partition coefficient (Wildman–Crippen LogP) is 4.79. The molecule has 0 unspecified atom stereocenters. The van der Waals surface area contributed by atoms with Gasteiger partial charge in [0.2, 0.25) is 11.8 Å². The lowest BCUT2D eigenvalue weighted by Gasteiger charge is -2.58. The van der Waals surface area contributed by atoms with Crippen molar-refractivity contribution in [2.45, 2.75) is 84.8 Å².